The first-order chi connectivity index (χ1) is 9.51. The van der Waals surface area contributed by atoms with Crippen molar-refractivity contribution in [2.24, 2.45) is 0 Å². The molecule has 0 saturated carbocycles. The maximum Gasteiger partial charge on any atom is 0.0635 e. The molecule has 1 atom stereocenters. The van der Waals surface area contributed by atoms with Crippen LogP contribution in [0.2, 0.25) is 0 Å². The average molecular weight is 276 g/mol. The van der Waals surface area contributed by atoms with Crippen LogP contribution in [0.3, 0.4) is 0 Å². The van der Waals surface area contributed by atoms with Gasteiger partial charge in [-0.2, -0.15) is 0 Å². The van der Waals surface area contributed by atoms with Gasteiger partial charge in [0.25, 0.3) is 0 Å². The van der Waals surface area contributed by atoms with Crippen molar-refractivity contribution in [3.8, 4) is 0 Å². The van der Waals surface area contributed by atoms with Crippen LogP contribution in [0.5, 0.6) is 0 Å². The SMILES string of the molecule is CC(C)(C)NCc1ccccc1N1CCCCC1CO. The molecule has 1 aliphatic heterocycles. The van der Waals surface area contributed by atoms with Crippen LogP contribution in [0.15, 0.2) is 24.3 Å². The fourth-order valence-electron chi connectivity index (χ4n) is 2.81. The van der Waals surface area contributed by atoms with Crippen molar-refractivity contribution in [2.75, 3.05) is 18.1 Å². The Bertz CT molecular complexity index is 425. The number of nitrogens with one attached hydrogen (secondary N) is 1. The predicted molar refractivity (Wildman–Crippen MR) is 85.1 cm³/mol. The fraction of sp³-hybridized carbons (Fsp3) is 0.647. The van der Waals surface area contributed by atoms with Crippen molar-refractivity contribution in [3.63, 3.8) is 0 Å². The van der Waals surface area contributed by atoms with Gasteiger partial charge in [0.1, 0.15) is 0 Å². The van der Waals surface area contributed by atoms with Gasteiger partial charge in [0.15, 0.2) is 0 Å². The normalized spacial score (nSPS) is 20.2. The summed E-state index contributed by atoms with van der Waals surface area (Å²) in [6.07, 6.45) is 3.54. The Labute approximate surface area is 123 Å². The number of anilines is 1. The summed E-state index contributed by atoms with van der Waals surface area (Å²) >= 11 is 0. The number of hydrogen-bond acceptors (Lipinski definition) is 3. The molecule has 1 saturated heterocycles. The second kappa shape index (κ2) is 6.59. The largest absolute Gasteiger partial charge is 0.394 e. The highest BCUT2D eigenvalue weighted by Crippen LogP contribution is 2.28. The van der Waals surface area contributed by atoms with Crippen LogP contribution in [0.25, 0.3) is 0 Å². The molecule has 1 unspecified atom stereocenters. The van der Waals surface area contributed by atoms with Crippen molar-refractivity contribution in [3.05, 3.63) is 29.8 Å². The zero-order chi connectivity index (χ0) is 14.6. The van der Waals surface area contributed by atoms with Gasteiger partial charge in [-0.1, -0.05) is 18.2 Å². The number of nitrogens with zero attached hydrogens (tertiary/aromatic N) is 1. The van der Waals surface area contributed by atoms with E-state index in [0.717, 1.165) is 19.5 Å². The first-order valence-corrected chi connectivity index (χ1v) is 7.72. The van der Waals surface area contributed by atoms with Crippen molar-refractivity contribution >= 4 is 5.69 Å². The smallest absolute Gasteiger partial charge is 0.0635 e. The molecule has 1 fully saturated rings. The van der Waals surface area contributed by atoms with E-state index in [9.17, 15) is 5.11 Å². The summed E-state index contributed by atoms with van der Waals surface area (Å²) in [5.41, 5.74) is 2.72. The van der Waals surface area contributed by atoms with E-state index >= 15 is 0 Å². The molecule has 0 aromatic heterocycles. The van der Waals surface area contributed by atoms with E-state index in [1.807, 2.05) is 0 Å². The molecule has 20 heavy (non-hydrogen) atoms. The third-order valence-corrected chi connectivity index (χ3v) is 3.95. The van der Waals surface area contributed by atoms with Crippen LogP contribution in [0.1, 0.15) is 45.6 Å². The second-order valence-corrected chi connectivity index (χ2v) is 6.76. The maximum absolute atomic E-state index is 9.62. The summed E-state index contributed by atoms with van der Waals surface area (Å²) < 4.78 is 0. The molecule has 2 rings (SSSR count). The molecule has 0 radical (unpaired) electrons. The third-order valence-electron chi connectivity index (χ3n) is 3.95. The zero-order valence-corrected chi connectivity index (χ0v) is 13.0. The summed E-state index contributed by atoms with van der Waals surface area (Å²) in [5.74, 6) is 0. The van der Waals surface area contributed by atoms with Gasteiger partial charge in [-0.15, -0.1) is 0 Å². The Balaban J connectivity index is 2.18. The Morgan fingerprint density at radius 1 is 1.25 bits per heavy atom. The highest BCUT2D eigenvalue weighted by Gasteiger charge is 2.23. The zero-order valence-electron chi connectivity index (χ0n) is 13.0. The van der Waals surface area contributed by atoms with Crippen LogP contribution in [0, 0.1) is 0 Å². The lowest BCUT2D eigenvalue weighted by atomic mass is 10.00. The number of para-hydroxylation sites is 1. The topological polar surface area (TPSA) is 35.5 Å². The van der Waals surface area contributed by atoms with Crippen LogP contribution < -0.4 is 10.2 Å². The van der Waals surface area contributed by atoms with Gasteiger partial charge in [0.2, 0.25) is 0 Å². The lowest BCUT2D eigenvalue weighted by Crippen LogP contribution is -2.43. The standard InChI is InChI=1S/C17H28N2O/c1-17(2,3)18-12-14-8-4-5-10-16(14)19-11-7-6-9-15(19)13-20/h4-5,8,10,15,18,20H,6-7,9,11-13H2,1-3H3. The first-order valence-electron chi connectivity index (χ1n) is 7.72. The predicted octanol–water partition coefficient (Wildman–Crippen LogP) is 2.93. The van der Waals surface area contributed by atoms with Crippen LogP contribution in [-0.4, -0.2) is 29.8 Å². The van der Waals surface area contributed by atoms with E-state index in [-0.39, 0.29) is 18.2 Å². The average Bonchev–Trinajstić information content (AvgIpc) is 2.44. The van der Waals surface area contributed by atoms with Crippen molar-refractivity contribution in [1.29, 1.82) is 0 Å². The molecule has 1 aromatic rings. The minimum atomic E-state index is 0.116. The van der Waals surface area contributed by atoms with Crippen molar-refractivity contribution < 1.29 is 5.11 Å². The molecular formula is C17H28N2O. The van der Waals surface area contributed by atoms with Crippen molar-refractivity contribution in [1.82, 2.24) is 5.32 Å². The van der Waals surface area contributed by atoms with Crippen LogP contribution in [0.4, 0.5) is 5.69 Å². The number of hydrogen-bond donors (Lipinski definition) is 2. The highest BCUT2D eigenvalue weighted by molar-refractivity contribution is 5.54. The monoisotopic (exact) mass is 276 g/mol. The van der Waals surface area contributed by atoms with Gasteiger partial charge in [-0.3, -0.25) is 0 Å². The minimum Gasteiger partial charge on any atom is -0.394 e. The number of aliphatic hydroxyl groups excluding tert-OH is 1. The molecule has 3 nitrogen and oxygen atoms in total. The summed E-state index contributed by atoms with van der Waals surface area (Å²) in [6.45, 7) is 8.74. The Morgan fingerprint density at radius 3 is 2.70 bits per heavy atom. The van der Waals surface area contributed by atoms with Gasteiger partial charge in [0, 0.05) is 24.3 Å². The lowest BCUT2D eigenvalue weighted by molar-refractivity contribution is 0.240. The van der Waals surface area contributed by atoms with Gasteiger partial charge in [0.05, 0.1) is 12.6 Å². The molecule has 0 amide bonds. The van der Waals surface area contributed by atoms with Crippen LogP contribution in [-0.2, 0) is 6.54 Å². The minimum absolute atomic E-state index is 0.116. The first kappa shape index (κ1) is 15.3. The van der Waals surface area contributed by atoms with E-state index in [1.54, 1.807) is 0 Å². The Hall–Kier alpha value is -1.06. The van der Waals surface area contributed by atoms with Crippen molar-refractivity contribution in [2.45, 2.75) is 58.2 Å². The molecule has 1 aliphatic rings. The summed E-state index contributed by atoms with van der Waals surface area (Å²) in [7, 11) is 0. The number of benzene rings is 1. The van der Waals surface area contributed by atoms with E-state index in [1.165, 1.54) is 24.1 Å². The number of rotatable bonds is 4. The highest BCUT2D eigenvalue weighted by atomic mass is 16.3. The quantitative estimate of drug-likeness (QED) is 0.887. The van der Waals surface area contributed by atoms with E-state index in [0.29, 0.717) is 0 Å². The molecular weight excluding hydrogens is 248 g/mol. The lowest BCUT2D eigenvalue weighted by Gasteiger charge is -2.38. The van der Waals surface area contributed by atoms with Gasteiger partial charge in [-0.05, 0) is 51.7 Å². The van der Waals surface area contributed by atoms with E-state index in [4.69, 9.17) is 0 Å². The van der Waals surface area contributed by atoms with Gasteiger partial charge in [-0.25, -0.2) is 0 Å². The van der Waals surface area contributed by atoms with Crippen LogP contribution >= 0.6 is 0 Å². The molecule has 3 heteroatoms. The number of piperidine rings is 1. The number of aliphatic hydroxyl groups is 1. The third kappa shape index (κ3) is 3.97. The molecule has 2 N–H and O–H groups in total. The molecule has 0 aliphatic carbocycles. The molecule has 1 heterocycles. The van der Waals surface area contributed by atoms with Gasteiger partial charge < -0.3 is 15.3 Å². The summed E-state index contributed by atoms with van der Waals surface area (Å²) in [4.78, 5) is 2.39. The molecule has 112 valence electrons. The second-order valence-electron chi connectivity index (χ2n) is 6.76. The van der Waals surface area contributed by atoms with Gasteiger partial charge >= 0.3 is 0 Å². The van der Waals surface area contributed by atoms with E-state index < -0.39 is 0 Å². The summed E-state index contributed by atoms with van der Waals surface area (Å²) in [6, 6.07) is 8.85. The Kier molecular flexibility index (Phi) is 5.06. The maximum atomic E-state index is 9.62. The molecule has 0 spiro atoms. The fourth-order valence-corrected chi connectivity index (χ4v) is 2.81. The summed E-state index contributed by atoms with van der Waals surface area (Å²) in [5, 5.41) is 13.2. The molecule has 1 aromatic carbocycles. The van der Waals surface area contributed by atoms with E-state index in [2.05, 4.69) is 55.3 Å². The molecule has 0 bridgehead atoms. The Morgan fingerprint density at radius 2 is 2.00 bits per heavy atom.